The summed E-state index contributed by atoms with van der Waals surface area (Å²) in [6.07, 6.45) is 1.51. The number of nitrogens with two attached hydrogens (primary N) is 1. The molecule has 0 aromatic carbocycles. The number of rotatable bonds is 0. The van der Waals surface area contributed by atoms with Gasteiger partial charge in [0.05, 0.1) is 11.7 Å². The first kappa shape index (κ1) is 6.84. The first-order valence-electron chi connectivity index (χ1n) is 3.36. The lowest BCUT2D eigenvalue weighted by atomic mass is 10.5. The summed E-state index contributed by atoms with van der Waals surface area (Å²) < 4.78 is 1.21. The van der Waals surface area contributed by atoms with Crippen LogP contribution in [0, 0.1) is 0 Å². The molecule has 0 aliphatic rings. The van der Waals surface area contributed by atoms with Gasteiger partial charge >= 0.3 is 0 Å². The van der Waals surface area contributed by atoms with E-state index in [1.54, 1.807) is 7.05 Å². The molecule has 2 aromatic heterocycles. The number of fused-ring (bicyclic) bond motifs is 1. The summed E-state index contributed by atoms with van der Waals surface area (Å²) >= 11 is 0. The van der Waals surface area contributed by atoms with Gasteiger partial charge in [-0.1, -0.05) is 0 Å². The average molecular weight is 165 g/mol. The highest BCUT2D eigenvalue weighted by Gasteiger charge is 2.04. The molecule has 0 amide bonds. The molecule has 0 aliphatic heterocycles. The van der Waals surface area contributed by atoms with Gasteiger partial charge in [0.2, 0.25) is 0 Å². The molecule has 2 heterocycles. The highest BCUT2D eigenvalue weighted by molar-refractivity contribution is 5.74. The number of H-pyrrole nitrogens is 1. The molecule has 0 atom stereocenters. The zero-order valence-electron chi connectivity index (χ0n) is 6.40. The number of nitrogen functional groups attached to an aromatic ring is 1. The standard InChI is InChI=1S/C6H7N5O/c1-11-5(12)4-3(2-8-11)9-6(7)10-4/h2H,1H3,(H3,7,9,10). The van der Waals surface area contributed by atoms with Crippen LogP contribution >= 0.6 is 0 Å². The van der Waals surface area contributed by atoms with Crippen LogP contribution in [0.5, 0.6) is 0 Å². The second-order valence-electron chi connectivity index (χ2n) is 2.46. The molecule has 0 spiro atoms. The van der Waals surface area contributed by atoms with E-state index in [0.29, 0.717) is 11.0 Å². The number of hydrogen-bond donors (Lipinski definition) is 2. The molecule has 6 nitrogen and oxygen atoms in total. The van der Waals surface area contributed by atoms with Crippen LogP contribution < -0.4 is 11.3 Å². The molecular formula is C6H7N5O. The molecule has 0 fully saturated rings. The highest BCUT2D eigenvalue weighted by atomic mass is 16.1. The third kappa shape index (κ3) is 0.777. The van der Waals surface area contributed by atoms with Crippen LogP contribution in [0.1, 0.15) is 0 Å². The minimum absolute atomic E-state index is 0.232. The monoisotopic (exact) mass is 165 g/mol. The third-order valence-electron chi connectivity index (χ3n) is 1.61. The Hall–Kier alpha value is -1.85. The lowest BCUT2D eigenvalue weighted by Crippen LogP contribution is -2.18. The van der Waals surface area contributed by atoms with Crippen molar-refractivity contribution in [2.75, 3.05) is 5.73 Å². The van der Waals surface area contributed by atoms with Crippen LogP contribution in [0.2, 0.25) is 0 Å². The van der Waals surface area contributed by atoms with E-state index in [4.69, 9.17) is 5.73 Å². The summed E-state index contributed by atoms with van der Waals surface area (Å²) in [5.41, 5.74) is 6.01. The van der Waals surface area contributed by atoms with Crippen molar-refractivity contribution in [1.29, 1.82) is 0 Å². The van der Waals surface area contributed by atoms with Crippen LogP contribution in [-0.2, 0) is 7.05 Å². The maximum atomic E-state index is 11.3. The second-order valence-corrected chi connectivity index (χ2v) is 2.46. The molecule has 0 unspecified atom stereocenters. The normalized spacial score (nSPS) is 10.8. The van der Waals surface area contributed by atoms with Crippen molar-refractivity contribution in [3.8, 4) is 0 Å². The van der Waals surface area contributed by atoms with Gasteiger partial charge in [0.1, 0.15) is 0 Å². The van der Waals surface area contributed by atoms with Gasteiger partial charge in [-0.25, -0.2) is 9.67 Å². The van der Waals surface area contributed by atoms with Gasteiger partial charge in [0.15, 0.2) is 11.5 Å². The van der Waals surface area contributed by atoms with Gasteiger partial charge in [-0.15, -0.1) is 0 Å². The van der Waals surface area contributed by atoms with E-state index in [-0.39, 0.29) is 11.5 Å². The Morgan fingerprint density at radius 3 is 3.17 bits per heavy atom. The Kier molecular flexibility index (Phi) is 1.18. The molecule has 2 rings (SSSR count). The first-order valence-corrected chi connectivity index (χ1v) is 3.36. The quantitative estimate of drug-likeness (QED) is 0.536. The van der Waals surface area contributed by atoms with Gasteiger partial charge in [0, 0.05) is 7.05 Å². The zero-order chi connectivity index (χ0) is 8.72. The second kappa shape index (κ2) is 2.07. The zero-order valence-corrected chi connectivity index (χ0v) is 6.40. The number of nitrogens with zero attached hydrogens (tertiary/aromatic N) is 3. The molecule has 0 radical (unpaired) electrons. The highest BCUT2D eigenvalue weighted by Crippen LogP contribution is 2.04. The van der Waals surface area contributed by atoms with Gasteiger partial charge in [-0.3, -0.25) is 4.79 Å². The van der Waals surface area contributed by atoms with Crippen molar-refractivity contribution in [2.45, 2.75) is 0 Å². The van der Waals surface area contributed by atoms with E-state index in [2.05, 4.69) is 15.1 Å². The summed E-state index contributed by atoms with van der Waals surface area (Å²) in [6, 6.07) is 0. The minimum Gasteiger partial charge on any atom is -0.369 e. The number of hydrogen-bond acceptors (Lipinski definition) is 4. The summed E-state index contributed by atoms with van der Waals surface area (Å²) in [5.74, 6) is 0.232. The van der Waals surface area contributed by atoms with Gasteiger partial charge < -0.3 is 10.7 Å². The van der Waals surface area contributed by atoms with Crippen LogP contribution in [0.25, 0.3) is 11.0 Å². The number of nitrogens with one attached hydrogen (secondary N) is 1. The van der Waals surface area contributed by atoms with E-state index in [9.17, 15) is 4.79 Å². The van der Waals surface area contributed by atoms with E-state index in [0.717, 1.165) is 0 Å². The maximum Gasteiger partial charge on any atom is 0.294 e. The Morgan fingerprint density at radius 2 is 2.42 bits per heavy atom. The Bertz CT molecular complexity index is 482. The van der Waals surface area contributed by atoms with Gasteiger partial charge in [0.25, 0.3) is 5.56 Å². The predicted octanol–water partition coefficient (Wildman–Crippen LogP) is -0.761. The fourth-order valence-electron chi connectivity index (χ4n) is 1.01. The smallest absolute Gasteiger partial charge is 0.294 e. The lowest BCUT2D eigenvalue weighted by molar-refractivity contribution is 0.716. The molecular weight excluding hydrogens is 158 g/mol. The van der Waals surface area contributed by atoms with Crippen molar-refractivity contribution < 1.29 is 0 Å². The summed E-state index contributed by atoms with van der Waals surface area (Å²) in [4.78, 5) is 17.8. The molecule has 0 bridgehead atoms. The van der Waals surface area contributed by atoms with Crippen molar-refractivity contribution in [3.05, 3.63) is 16.6 Å². The number of anilines is 1. The van der Waals surface area contributed by atoms with Crippen molar-refractivity contribution in [1.82, 2.24) is 19.7 Å². The predicted molar refractivity (Wildman–Crippen MR) is 43.5 cm³/mol. The molecule has 3 N–H and O–H groups in total. The number of aromatic amines is 1. The lowest BCUT2D eigenvalue weighted by Gasteiger charge is -1.91. The summed E-state index contributed by atoms with van der Waals surface area (Å²) in [5, 5.41) is 3.80. The van der Waals surface area contributed by atoms with Crippen LogP contribution in [0.4, 0.5) is 5.95 Å². The van der Waals surface area contributed by atoms with Crippen LogP contribution in [-0.4, -0.2) is 19.7 Å². The fourth-order valence-corrected chi connectivity index (χ4v) is 1.01. The SMILES string of the molecule is Cn1ncc2[nH]c(N)nc2c1=O. The molecule has 62 valence electrons. The molecule has 0 saturated heterocycles. The molecule has 0 aliphatic carbocycles. The van der Waals surface area contributed by atoms with E-state index in [1.807, 2.05) is 0 Å². The number of imidazole rings is 1. The number of aryl methyl sites for hydroxylation is 1. The van der Waals surface area contributed by atoms with Gasteiger partial charge in [-0.2, -0.15) is 5.10 Å². The van der Waals surface area contributed by atoms with Crippen molar-refractivity contribution in [3.63, 3.8) is 0 Å². The molecule has 0 saturated carbocycles. The largest absolute Gasteiger partial charge is 0.369 e. The minimum atomic E-state index is -0.250. The first-order chi connectivity index (χ1) is 5.68. The van der Waals surface area contributed by atoms with Crippen molar-refractivity contribution in [2.24, 2.45) is 7.05 Å². The topological polar surface area (TPSA) is 89.6 Å². The number of aromatic nitrogens is 4. The molecule has 2 aromatic rings. The fraction of sp³-hybridized carbons (Fsp3) is 0.167. The van der Waals surface area contributed by atoms with Gasteiger partial charge in [-0.05, 0) is 0 Å². The van der Waals surface area contributed by atoms with Crippen LogP contribution in [0.15, 0.2) is 11.0 Å². The molecule has 6 heteroatoms. The van der Waals surface area contributed by atoms with Crippen LogP contribution in [0.3, 0.4) is 0 Å². The van der Waals surface area contributed by atoms with E-state index >= 15 is 0 Å². The summed E-state index contributed by atoms with van der Waals surface area (Å²) in [7, 11) is 1.56. The third-order valence-corrected chi connectivity index (χ3v) is 1.61. The van der Waals surface area contributed by atoms with E-state index < -0.39 is 0 Å². The maximum absolute atomic E-state index is 11.3. The Morgan fingerprint density at radius 1 is 1.67 bits per heavy atom. The summed E-state index contributed by atoms with van der Waals surface area (Å²) in [6.45, 7) is 0. The van der Waals surface area contributed by atoms with E-state index in [1.165, 1.54) is 10.9 Å². The van der Waals surface area contributed by atoms with Crippen molar-refractivity contribution >= 4 is 17.0 Å². The Labute approximate surface area is 67.0 Å². The average Bonchev–Trinajstić information content (AvgIpc) is 2.39. The molecule has 12 heavy (non-hydrogen) atoms. The Balaban J connectivity index is 2.99.